The van der Waals surface area contributed by atoms with E-state index in [1.807, 2.05) is 6.07 Å². The Hall–Kier alpha value is -2.96. The van der Waals surface area contributed by atoms with E-state index in [4.69, 9.17) is 15.7 Å². The van der Waals surface area contributed by atoms with Gasteiger partial charge < -0.3 is 15.8 Å². The number of rotatable bonds is 3. The average Bonchev–Trinajstić information content (AvgIpc) is 2.74. The molecule has 9 heteroatoms. The van der Waals surface area contributed by atoms with Gasteiger partial charge in [0, 0.05) is 35.2 Å². The molecule has 2 aromatic rings. The number of anilines is 1. The molecule has 4 rings (SSSR count). The van der Waals surface area contributed by atoms with Gasteiger partial charge in [-0.2, -0.15) is 5.26 Å². The van der Waals surface area contributed by atoms with Crippen LogP contribution in [0.1, 0.15) is 35.0 Å². The Morgan fingerprint density at radius 2 is 2.27 bits per heavy atom. The van der Waals surface area contributed by atoms with Gasteiger partial charge >= 0.3 is 0 Å². The molecule has 0 saturated carbocycles. The summed E-state index contributed by atoms with van der Waals surface area (Å²) >= 11 is 1.49. The second kappa shape index (κ2) is 8.05. The number of hydrogen-bond acceptors (Lipinski definition) is 7. The molecule has 3 heterocycles. The molecule has 2 aliphatic heterocycles. The highest BCUT2D eigenvalue weighted by Gasteiger charge is 2.50. The Morgan fingerprint density at radius 3 is 3.00 bits per heavy atom. The number of hydrogen-bond donors (Lipinski definition) is 2. The third-order valence-corrected chi connectivity index (χ3v) is 6.54. The number of thioether (sulfide) groups is 1. The lowest BCUT2D eigenvalue weighted by Crippen LogP contribution is -2.50. The van der Waals surface area contributed by atoms with E-state index in [-0.39, 0.29) is 23.5 Å². The largest absolute Gasteiger partial charge is 0.379 e. The average molecular weight is 425 g/mol. The normalized spacial score (nSPS) is 25.6. The number of amides is 1. The van der Waals surface area contributed by atoms with Crippen LogP contribution in [0.3, 0.4) is 0 Å². The fraction of sp³-hybridized carbons (Fsp3) is 0.333. The van der Waals surface area contributed by atoms with Crippen LogP contribution in [0.5, 0.6) is 0 Å². The highest BCUT2D eigenvalue weighted by atomic mass is 32.2. The number of nitrogens with one attached hydrogen (secondary N) is 1. The van der Waals surface area contributed by atoms with Crippen molar-refractivity contribution in [3.05, 3.63) is 59.2 Å². The van der Waals surface area contributed by atoms with Crippen molar-refractivity contribution in [1.82, 2.24) is 4.98 Å². The van der Waals surface area contributed by atoms with E-state index in [1.165, 1.54) is 42.2 Å². The van der Waals surface area contributed by atoms with Gasteiger partial charge in [-0.25, -0.2) is 14.4 Å². The molecular formula is C21H20FN5O2S. The molecule has 1 amide bonds. The van der Waals surface area contributed by atoms with E-state index in [1.54, 1.807) is 6.07 Å². The zero-order valence-corrected chi connectivity index (χ0v) is 17.1. The molecule has 0 radical (unpaired) electrons. The number of nitrogens with zero attached hydrogens (tertiary/aromatic N) is 3. The SMILES string of the molecule is C[C@H]1SC(N)=N[C@@]2(c3cc(NC(=O)c4ccc(C#N)cn4)ccc3F)COCC[C@@H]12. The Bertz CT molecular complexity index is 1050. The van der Waals surface area contributed by atoms with E-state index in [2.05, 4.69) is 22.2 Å². The molecule has 0 bridgehead atoms. The van der Waals surface area contributed by atoms with Gasteiger partial charge in [0.05, 0.1) is 12.2 Å². The first-order chi connectivity index (χ1) is 14.4. The first kappa shape index (κ1) is 20.3. The van der Waals surface area contributed by atoms with Gasteiger partial charge in [-0.3, -0.25) is 4.79 Å². The number of amidine groups is 1. The number of benzene rings is 1. The number of pyridine rings is 1. The second-order valence-corrected chi connectivity index (χ2v) is 8.74. The molecule has 1 fully saturated rings. The van der Waals surface area contributed by atoms with Crippen LogP contribution in [-0.4, -0.2) is 34.5 Å². The number of aliphatic imine (C=N–C) groups is 1. The summed E-state index contributed by atoms with van der Waals surface area (Å²) in [5, 5.41) is 12.2. The van der Waals surface area contributed by atoms with Crippen LogP contribution < -0.4 is 11.1 Å². The van der Waals surface area contributed by atoms with Crippen molar-refractivity contribution in [2.24, 2.45) is 16.6 Å². The highest BCUT2D eigenvalue weighted by Crippen LogP contribution is 2.48. The van der Waals surface area contributed by atoms with E-state index in [0.29, 0.717) is 28.6 Å². The molecule has 0 unspecified atom stereocenters. The van der Waals surface area contributed by atoms with Crippen molar-refractivity contribution in [3.8, 4) is 6.07 Å². The van der Waals surface area contributed by atoms with Gasteiger partial charge in [0.15, 0.2) is 5.17 Å². The fourth-order valence-electron chi connectivity index (χ4n) is 4.08. The molecule has 0 spiro atoms. The molecule has 1 aromatic heterocycles. The number of carbonyl (C=O) groups is 1. The van der Waals surface area contributed by atoms with Crippen LogP contribution in [-0.2, 0) is 10.3 Å². The molecule has 2 aliphatic rings. The van der Waals surface area contributed by atoms with Crippen LogP contribution in [0.4, 0.5) is 10.1 Å². The highest BCUT2D eigenvalue weighted by molar-refractivity contribution is 8.14. The standard InChI is InChI=1S/C21H20FN5O2S/c1-12-15-6-7-29-11-21(15,27-20(24)30-12)16-8-14(3-4-17(16)22)26-19(28)18-5-2-13(9-23)10-25-18/h2-5,8,10,12,15H,6-7,11H2,1H3,(H2,24,27)(H,26,28)/t12-,15+,21+/m1/s1. The minimum atomic E-state index is -0.926. The summed E-state index contributed by atoms with van der Waals surface area (Å²) in [5.41, 5.74) is 6.42. The smallest absolute Gasteiger partial charge is 0.274 e. The van der Waals surface area contributed by atoms with Crippen molar-refractivity contribution < 1.29 is 13.9 Å². The third kappa shape index (κ3) is 3.64. The minimum absolute atomic E-state index is 0.0594. The Balaban J connectivity index is 1.68. The summed E-state index contributed by atoms with van der Waals surface area (Å²) in [6.45, 7) is 2.89. The number of ether oxygens (including phenoxy) is 1. The van der Waals surface area contributed by atoms with Crippen LogP contribution in [0.25, 0.3) is 0 Å². The number of nitrogens with two attached hydrogens (primary N) is 1. The number of fused-ring (bicyclic) bond motifs is 1. The predicted molar refractivity (Wildman–Crippen MR) is 113 cm³/mol. The van der Waals surface area contributed by atoms with Crippen LogP contribution >= 0.6 is 11.8 Å². The molecule has 0 aliphatic carbocycles. The Morgan fingerprint density at radius 1 is 1.43 bits per heavy atom. The monoisotopic (exact) mass is 425 g/mol. The summed E-state index contributed by atoms with van der Waals surface area (Å²) in [7, 11) is 0. The van der Waals surface area contributed by atoms with Crippen LogP contribution in [0.15, 0.2) is 41.5 Å². The first-order valence-electron chi connectivity index (χ1n) is 9.50. The summed E-state index contributed by atoms with van der Waals surface area (Å²) in [6, 6.07) is 9.33. The molecule has 1 aromatic carbocycles. The number of nitriles is 1. The molecule has 3 N–H and O–H groups in total. The number of halogens is 1. The lowest BCUT2D eigenvalue weighted by atomic mass is 9.74. The van der Waals surface area contributed by atoms with E-state index in [9.17, 15) is 9.18 Å². The molecule has 7 nitrogen and oxygen atoms in total. The maximum absolute atomic E-state index is 15.0. The van der Waals surface area contributed by atoms with Crippen molar-refractivity contribution in [1.29, 1.82) is 5.26 Å². The van der Waals surface area contributed by atoms with Gasteiger partial charge in [-0.1, -0.05) is 18.7 Å². The second-order valence-electron chi connectivity index (χ2n) is 7.34. The first-order valence-corrected chi connectivity index (χ1v) is 10.4. The fourth-order valence-corrected chi connectivity index (χ4v) is 5.20. The van der Waals surface area contributed by atoms with Gasteiger partial charge in [-0.05, 0) is 36.8 Å². The summed E-state index contributed by atoms with van der Waals surface area (Å²) in [6.07, 6.45) is 2.07. The van der Waals surface area contributed by atoms with E-state index in [0.717, 1.165) is 6.42 Å². The topological polar surface area (TPSA) is 113 Å². The van der Waals surface area contributed by atoms with Crippen molar-refractivity contribution in [3.63, 3.8) is 0 Å². The molecule has 3 atom stereocenters. The van der Waals surface area contributed by atoms with E-state index >= 15 is 0 Å². The maximum atomic E-state index is 15.0. The molecule has 1 saturated heterocycles. The van der Waals surface area contributed by atoms with Gasteiger partial charge in [0.2, 0.25) is 0 Å². The Kier molecular flexibility index (Phi) is 5.45. The summed E-state index contributed by atoms with van der Waals surface area (Å²) < 4.78 is 20.7. The number of aromatic nitrogens is 1. The lowest BCUT2D eigenvalue weighted by Gasteiger charge is -2.46. The maximum Gasteiger partial charge on any atom is 0.274 e. The predicted octanol–water partition coefficient (Wildman–Crippen LogP) is 3.03. The van der Waals surface area contributed by atoms with Crippen molar-refractivity contribution in [2.75, 3.05) is 18.5 Å². The van der Waals surface area contributed by atoms with Crippen LogP contribution in [0.2, 0.25) is 0 Å². The van der Waals surface area contributed by atoms with E-state index < -0.39 is 17.3 Å². The number of carbonyl (C=O) groups excluding carboxylic acids is 1. The van der Waals surface area contributed by atoms with Gasteiger partial charge in [0.1, 0.15) is 23.1 Å². The molecule has 30 heavy (non-hydrogen) atoms. The van der Waals surface area contributed by atoms with Crippen molar-refractivity contribution >= 4 is 28.5 Å². The zero-order valence-electron chi connectivity index (χ0n) is 16.3. The zero-order chi connectivity index (χ0) is 21.3. The third-order valence-electron chi connectivity index (χ3n) is 5.51. The van der Waals surface area contributed by atoms with Crippen LogP contribution in [0, 0.1) is 23.1 Å². The lowest BCUT2D eigenvalue weighted by molar-refractivity contribution is -0.00417. The minimum Gasteiger partial charge on any atom is -0.379 e. The quantitative estimate of drug-likeness (QED) is 0.781. The van der Waals surface area contributed by atoms with Crippen molar-refractivity contribution in [2.45, 2.75) is 24.1 Å². The summed E-state index contributed by atoms with van der Waals surface area (Å²) in [4.78, 5) is 21.2. The molecule has 154 valence electrons. The molecular weight excluding hydrogens is 405 g/mol. The summed E-state index contributed by atoms with van der Waals surface area (Å²) in [5.74, 6) is -0.818. The van der Waals surface area contributed by atoms with Gasteiger partial charge in [0.25, 0.3) is 5.91 Å². The Labute approximate surface area is 177 Å². The van der Waals surface area contributed by atoms with Gasteiger partial charge in [-0.15, -0.1) is 0 Å².